The predicted molar refractivity (Wildman–Crippen MR) is 86.9 cm³/mol. The first-order valence-corrected chi connectivity index (χ1v) is 7.54. The predicted octanol–water partition coefficient (Wildman–Crippen LogP) is 3.07. The summed E-state index contributed by atoms with van der Waals surface area (Å²) >= 11 is 0. The fraction of sp³-hybridized carbons (Fsp3) is 0.500. The van der Waals surface area contributed by atoms with Crippen molar-refractivity contribution in [2.75, 3.05) is 11.9 Å². The van der Waals surface area contributed by atoms with Gasteiger partial charge in [-0.1, -0.05) is 32.1 Å². The average molecular weight is 284 g/mol. The molecule has 1 aromatic carbocycles. The molecule has 1 fully saturated rings. The minimum absolute atomic E-state index is 0.0933. The monoisotopic (exact) mass is 284 g/mol. The lowest BCUT2D eigenvalue weighted by Crippen LogP contribution is -2.30. The van der Waals surface area contributed by atoms with Crippen molar-refractivity contribution in [3.63, 3.8) is 0 Å². The largest absolute Gasteiger partial charge is 0.326 e. The first-order valence-electron chi connectivity index (χ1n) is 7.54. The quantitative estimate of drug-likeness (QED) is 0.820. The number of hydrogen-bond acceptors (Lipinski definition) is 2. The molecule has 0 heterocycles. The van der Waals surface area contributed by atoms with Crippen LogP contribution in [0.2, 0.25) is 0 Å². The number of anilines is 1. The van der Waals surface area contributed by atoms with Gasteiger partial charge in [-0.2, -0.15) is 0 Å². The number of rotatable bonds is 2. The van der Waals surface area contributed by atoms with Crippen molar-refractivity contribution in [3.05, 3.63) is 29.3 Å². The Hall–Kier alpha value is -1.79. The molecule has 2 rings (SSSR count). The Morgan fingerprint density at radius 2 is 2.19 bits per heavy atom. The number of hydrogen-bond donors (Lipinski definition) is 2. The van der Waals surface area contributed by atoms with Crippen LogP contribution < -0.4 is 11.1 Å². The third kappa shape index (κ3) is 3.86. The van der Waals surface area contributed by atoms with E-state index in [1.54, 1.807) is 0 Å². The molecule has 1 unspecified atom stereocenters. The SMILES string of the molecule is Cc1cc(C#CCN)cc(NC(=O)C2CCCC2(C)C)c1. The topological polar surface area (TPSA) is 55.1 Å². The van der Waals surface area contributed by atoms with Crippen LogP contribution in [0.15, 0.2) is 18.2 Å². The molecular weight excluding hydrogens is 260 g/mol. The van der Waals surface area contributed by atoms with Gasteiger partial charge in [-0.15, -0.1) is 0 Å². The second-order valence-corrected chi connectivity index (χ2v) is 6.52. The van der Waals surface area contributed by atoms with Crippen LogP contribution >= 0.6 is 0 Å². The molecule has 112 valence electrons. The molecule has 0 aromatic heterocycles. The molecule has 21 heavy (non-hydrogen) atoms. The van der Waals surface area contributed by atoms with Crippen LogP contribution in [0, 0.1) is 30.1 Å². The van der Waals surface area contributed by atoms with Crippen molar-refractivity contribution in [1.29, 1.82) is 0 Å². The van der Waals surface area contributed by atoms with Crippen LogP contribution in [0.25, 0.3) is 0 Å². The summed E-state index contributed by atoms with van der Waals surface area (Å²) in [5, 5.41) is 3.06. The van der Waals surface area contributed by atoms with Gasteiger partial charge in [0, 0.05) is 17.2 Å². The molecule has 0 saturated heterocycles. The molecule has 3 N–H and O–H groups in total. The Balaban J connectivity index is 2.16. The zero-order valence-electron chi connectivity index (χ0n) is 13.1. The van der Waals surface area contributed by atoms with Crippen LogP contribution in [-0.4, -0.2) is 12.5 Å². The lowest BCUT2D eigenvalue weighted by molar-refractivity contribution is -0.122. The summed E-state index contributed by atoms with van der Waals surface area (Å²) in [6, 6.07) is 5.89. The molecule has 1 aliphatic carbocycles. The van der Waals surface area contributed by atoms with E-state index in [2.05, 4.69) is 31.0 Å². The van der Waals surface area contributed by atoms with Gasteiger partial charge in [-0.05, 0) is 48.9 Å². The minimum Gasteiger partial charge on any atom is -0.326 e. The molecule has 1 aromatic rings. The summed E-state index contributed by atoms with van der Waals surface area (Å²) in [6.07, 6.45) is 3.22. The molecule has 3 heteroatoms. The van der Waals surface area contributed by atoms with Crippen LogP contribution in [0.5, 0.6) is 0 Å². The highest BCUT2D eigenvalue weighted by Crippen LogP contribution is 2.43. The number of amides is 1. The van der Waals surface area contributed by atoms with E-state index in [1.807, 2.05) is 25.1 Å². The summed E-state index contributed by atoms with van der Waals surface area (Å²) in [5.74, 6) is 6.08. The summed E-state index contributed by atoms with van der Waals surface area (Å²) in [4.78, 5) is 12.5. The van der Waals surface area contributed by atoms with Crippen LogP contribution in [-0.2, 0) is 4.79 Å². The van der Waals surface area contributed by atoms with Crippen molar-refractivity contribution in [3.8, 4) is 11.8 Å². The van der Waals surface area contributed by atoms with Gasteiger partial charge in [0.05, 0.1) is 6.54 Å². The van der Waals surface area contributed by atoms with Gasteiger partial charge in [-0.3, -0.25) is 4.79 Å². The van der Waals surface area contributed by atoms with Crippen molar-refractivity contribution in [2.45, 2.75) is 40.0 Å². The maximum absolute atomic E-state index is 12.5. The molecule has 1 aliphatic rings. The third-order valence-electron chi connectivity index (χ3n) is 4.25. The maximum Gasteiger partial charge on any atom is 0.228 e. The highest BCUT2D eigenvalue weighted by molar-refractivity contribution is 5.93. The fourth-order valence-electron chi connectivity index (χ4n) is 3.12. The molecule has 1 saturated carbocycles. The van der Waals surface area contributed by atoms with Gasteiger partial charge in [0.2, 0.25) is 5.91 Å². The van der Waals surface area contributed by atoms with E-state index in [0.29, 0.717) is 6.54 Å². The molecule has 0 radical (unpaired) electrons. The highest BCUT2D eigenvalue weighted by atomic mass is 16.1. The number of aryl methyl sites for hydroxylation is 1. The van der Waals surface area contributed by atoms with E-state index < -0.39 is 0 Å². The second-order valence-electron chi connectivity index (χ2n) is 6.52. The summed E-state index contributed by atoms with van der Waals surface area (Å²) < 4.78 is 0. The summed E-state index contributed by atoms with van der Waals surface area (Å²) in [5.41, 5.74) is 8.29. The Labute approximate surface area is 127 Å². The Kier molecular flexibility index (Phi) is 4.69. The van der Waals surface area contributed by atoms with Crippen molar-refractivity contribution < 1.29 is 4.79 Å². The lowest BCUT2D eigenvalue weighted by atomic mass is 9.81. The van der Waals surface area contributed by atoms with Gasteiger partial charge in [0.15, 0.2) is 0 Å². The summed E-state index contributed by atoms with van der Waals surface area (Å²) in [7, 11) is 0. The first kappa shape index (κ1) is 15.6. The van der Waals surface area contributed by atoms with Gasteiger partial charge in [-0.25, -0.2) is 0 Å². The number of carbonyl (C=O) groups excluding carboxylic acids is 1. The van der Waals surface area contributed by atoms with Crippen molar-refractivity contribution >= 4 is 11.6 Å². The normalized spacial score (nSPS) is 19.7. The zero-order valence-corrected chi connectivity index (χ0v) is 13.1. The zero-order chi connectivity index (χ0) is 15.5. The molecule has 1 atom stereocenters. The van der Waals surface area contributed by atoms with Gasteiger partial charge >= 0.3 is 0 Å². The maximum atomic E-state index is 12.5. The number of nitrogens with one attached hydrogen (secondary N) is 1. The minimum atomic E-state index is 0.0933. The summed E-state index contributed by atoms with van der Waals surface area (Å²) in [6.45, 7) is 6.70. The van der Waals surface area contributed by atoms with Crippen LogP contribution in [0.1, 0.15) is 44.2 Å². The van der Waals surface area contributed by atoms with E-state index >= 15 is 0 Å². The van der Waals surface area contributed by atoms with Crippen molar-refractivity contribution in [2.24, 2.45) is 17.1 Å². The van der Waals surface area contributed by atoms with E-state index in [-0.39, 0.29) is 17.2 Å². The number of carbonyl (C=O) groups is 1. The van der Waals surface area contributed by atoms with E-state index in [0.717, 1.165) is 36.1 Å². The Morgan fingerprint density at radius 1 is 1.43 bits per heavy atom. The van der Waals surface area contributed by atoms with Crippen LogP contribution in [0.4, 0.5) is 5.69 Å². The van der Waals surface area contributed by atoms with E-state index in [9.17, 15) is 4.79 Å². The highest BCUT2D eigenvalue weighted by Gasteiger charge is 2.39. The fourth-order valence-corrected chi connectivity index (χ4v) is 3.12. The van der Waals surface area contributed by atoms with Gasteiger partial charge in [0.25, 0.3) is 0 Å². The number of benzene rings is 1. The molecule has 0 spiro atoms. The standard InChI is InChI=1S/C18H24N2O/c1-13-10-14(6-5-9-19)12-15(11-13)20-17(21)16-7-4-8-18(16,2)3/h10-12,16H,4,7-9,19H2,1-3H3,(H,20,21). The lowest BCUT2D eigenvalue weighted by Gasteiger charge is -2.26. The van der Waals surface area contributed by atoms with Crippen LogP contribution in [0.3, 0.4) is 0 Å². The molecule has 0 aliphatic heterocycles. The average Bonchev–Trinajstić information content (AvgIpc) is 2.75. The third-order valence-corrected chi connectivity index (χ3v) is 4.25. The first-order chi connectivity index (χ1) is 9.92. The van der Waals surface area contributed by atoms with Gasteiger partial charge in [0.1, 0.15) is 0 Å². The van der Waals surface area contributed by atoms with Gasteiger partial charge < -0.3 is 11.1 Å². The molecule has 0 bridgehead atoms. The number of nitrogens with two attached hydrogens (primary N) is 1. The molecule has 3 nitrogen and oxygen atoms in total. The van der Waals surface area contributed by atoms with E-state index in [1.165, 1.54) is 0 Å². The van der Waals surface area contributed by atoms with Crippen molar-refractivity contribution in [1.82, 2.24) is 0 Å². The Morgan fingerprint density at radius 3 is 2.81 bits per heavy atom. The molecular formula is C18H24N2O. The smallest absolute Gasteiger partial charge is 0.228 e. The molecule has 1 amide bonds. The Bertz CT molecular complexity index is 593. The van der Waals surface area contributed by atoms with E-state index in [4.69, 9.17) is 5.73 Å². The second kappa shape index (κ2) is 6.32.